The third-order valence-electron chi connectivity index (χ3n) is 2.37. The lowest BCUT2D eigenvalue weighted by Gasteiger charge is -2.03. The van der Waals surface area contributed by atoms with Crippen LogP contribution < -0.4 is 5.32 Å². The Bertz CT molecular complexity index is 651. The Hall–Kier alpha value is -2.97. The highest BCUT2D eigenvalue weighted by Gasteiger charge is 2.19. The van der Waals surface area contributed by atoms with Crippen LogP contribution in [0.5, 0.6) is 0 Å². The highest BCUT2D eigenvalue weighted by molar-refractivity contribution is 5.70. The maximum absolute atomic E-state index is 10.9. The lowest BCUT2D eigenvalue weighted by Crippen LogP contribution is -1.99. The summed E-state index contributed by atoms with van der Waals surface area (Å²) >= 11 is 0. The Balaban J connectivity index is 2.39. The molecule has 0 fully saturated rings. The molecule has 0 aliphatic carbocycles. The quantitative estimate of drug-likeness (QED) is 0.665. The smallest absolute Gasteiger partial charge is 0.299 e. The number of hydrogen-bond donors (Lipinski definition) is 1. The standard InChI is InChI=1S/C10H9N5O4/c1-13-5-4-10(12-13)11-8-3-2-7(14(16)17)6-9(8)15(18)19/h2-6H,1H3,(H,11,12). The Morgan fingerprint density at radius 2 is 1.95 bits per heavy atom. The third kappa shape index (κ3) is 2.65. The van der Waals surface area contributed by atoms with E-state index in [0.717, 1.165) is 6.07 Å². The third-order valence-corrected chi connectivity index (χ3v) is 2.37. The van der Waals surface area contributed by atoms with Crippen LogP contribution in [0, 0.1) is 20.2 Å². The first kappa shape index (κ1) is 12.5. The highest BCUT2D eigenvalue weighted by atomic mass is 16.6. The zero-order chi connectivity index (χ0) is 14.0. The summed E-state index contributed by atoms with van der Waals surface area (Å²) in [6, 6.07) is 5.01. The molecule has 1 heterocycles. The molecule has 1 N–H and O–H groups in total. The second-order valence-electron chi connectivity index (χ2n) is 3.72. The summed E-state index contributed by atoms with van der Waals surface area (Å²) in [6.07, 6.45) is 1.67. The minimum absolute atomic E-state index is 0.148. The van der Waals surface area contributed by atoms with Gasteiger partial charge in [-0.25, -0.2) is 0 Å². The van der Waals surface area contributed by atoms with E-state index in [2.05, 4.69) is 10.4 Å². The van der Waals surface area contributed by atoms with Crippen LogP contribution in [0.15, 0.2) is 30.5 Å². The van der Waals surface area contributed by atoms with Crippen LogP contribution in [-0.2, 0) is 7.05 Å². The highest BCUT2D eigenvalue weighted by Crippen LogP contribution is 2.30. The van der Waals surface area contributed by atoms with Gasteiger partial charge in [-0.1, -0.05) is 0 Å². The number of nitro groups is 2. The van der Waals surface area contributed by atoms with Crippen molar-refractivity contribution in [3.8, 4) is 0 Å². The normalized spacial score (nSPS) is 10.2. The number of non-ortho nitro benzene ring substituents is 1. The lowest BCUT2D eigenvalue weighted by molar-refractivity contribution is -0.393. The molecule has 0 atom stereocenters. The van der Waals surface area contributed by atoms with Gasteiger partial charge in [-0.2, -0.15) is 5.10 Å². The number of nitrogens with zero attached hydrogens (tertiary/aromatic N) is 4. The zero-order valence-corrected chi connectivity index (χ0v) is 9.81. The number of nitro benzene ring substituents is 2. The van der Waals surface area contributed by atoms with Crippen molar-refractivity contribution in [1.82, 2.24) is 9.78 Å². The zero-order valence-electron chi connectivity index (χ0n) is 9.81. The van der Waals surface area contributed by atoms with E-state index in [-0.39, 0.29) is 17.1 Å². The molecule has 0 unspecified atom stereocenters. The molecule has 9 heteroatoms. The molecule has 0 spiro atoms. The van der Waals surface area contributed by atoms with Gasteiger partial charge >= 0.3 is 0 Å². The van der Waals surface area contributed by atoms with Crippen LogP contribution in [0.1, 0.15) is 0 Å². The maximum atomic E-state index is 10.9. The van der Waals surface area contributed by atoms with E-state index in [1.54, 1.807) is 19.3 Å². The van der Waals surface area contributed by atoms with E-state index in [0.29, 0.717) is 5.82 Å². The Morgan fingerprint density at radius 3 is 2.47 bits per heavy atom. The summed E-state index contributed by atoms with van der Waals surface area (Å²) in [5, 5.41) is 28.3. The second kappa shape index (κ2) is 4.72. The van der Waals surface area contributed by atoms with Crippen molar-refractivity contribution in [3.63, 3.8) is 0 Å². The van der Waals surface area contributed by atoms with Gasteiger partial charge in [0, 0.05) is 25.4 Å². The SMILES string of the molecule is Cn1ccc(Nc2ccc([N+](=O)[O-])cc2[N+](=O)[O-])n1. The van der Waals surface area contributed by atoms with Crippen LogP contribution in [0.3, 0.4) is 0 Å². The fraction of sp³-hybridized carbons (Fsp3) is 0.100. The Labute approximate surface area is 106 Å². The first-order valence-corrected chi connectivity index (χ1v) is 5.17. The van der Waals surface area contributed by atoms with Gasteiger partial charge in [0.2, 0.25) is 0 Å². The number of benzene rings is 1. The molecule has 98 valence electrons. The van der Waals surface area contributed by atoms with Crippen LogP contribution in [-0.4, -0.2) is 19.6 Å². The van der Waals surface area contributed by atoms with Crippen LogP contribution in [0.25, 0.3) is 0 Å². The van der Waals surface area contributed by atoms with E-state index in [9.17, 15) is 20.2 Å². The minimum Gasteiger partial charge on any atom is -0.333 e. The van der Waals surface area contributed by atoms with Gasteiger partial charge in [-0.05, 0) is 6.07 Å². The van der Waals surface area contributed by atoms with Crippen molar-refractivity contribution >= 4 is 22.9 Å². The van der Waals surface area contributed by atoms with Crippen molar-refractivity contribution in [2.75, 3.05) is 5.32 Å². The summed E-state index contributed by atoms with van der Waals surface area (Å²) in [5.41, 5.74) is -0.563. The maximum Gasteiger partial charge on any atom is 0.299 e. The largest absolute Gasteiger partial charge is 0.333 e. The first-order chi connectivity index (χ1) is 8.97. The molecule has 0 bridgehead atoms. The summed E-state index contributed by atoms with van der Waals surface area (Å²) < 4.78 is 1.53. The van der Waals surface area contributed by atoms with E-state index in [4.69, 9.17) is 0 Å². The molecule has 1 aromatic carbocycles. The van der Waals surface area contributed by atoms with Crippen molar-refractivity contribution in [2.45, 2.75) is 0 Å². The van der Waals surface area contributed by atoms with Crippen molar-refractivity contribution < 1.29 is 9.85 Å². The summed E-state index contributed by atoms with van der Waals surface area (Å²) in [7, 11) is 1.70. The van der Waals surface area contributed by atoms with E-state index < -0.39 is 9.85 Å². The molecule has 0 saturated carbocycles. The number of rotatable bonds is 4. The number of aromatic nitrogens is 2. The lowest BCUT2D eigenvalue weighted by atomic mass is 10.2. The van der Waals surface area contributed by atoms with Gasteiger partial charge in [0.05, 0.1) is 15.9 Å². The van der Waals surface area contributed by atoms with E-state index in [1.165, 1.54) is 16.8 Å². The molecule has 0 saturated heterocycles. The van der Waals surface area contributed by atoms with E-state index in [1.807, 2.05) is 0 Å². The van der Waals surface area contributed by atoms with Gasteiger partial charge in [-0.15, -0.1) is 0 Å². The fourth-order valence-corrected chi connectivity index (χ4v) is 1.51. The number of hydrogen-bond acceptors (Lipinski definition) is 6. The molecule has 1 aromatic heterocycles. The topological polar surface area (TPSA) is 116 Å². The number of anilines is 2. The van der Waals surface area contributed by atoms with Gasteiger partial charge in [0.15, 0.2) is 5.82 Å². The fourth-order valence-electron chi connectivity index (χ4n) is 1.51. The van der Waals surface area contributed by atoms with Gasteiger partial charge < -0.3 is 5.32 Å². The first-order valence-electron chi connectivity index (χ1n) is 5.17. The Morgan fingerprint density at radius 1 is 1.21 bits per heavy atom. The van der Waals surface area contributed by atoms with Crippen molar-refractivity contribution in [2.24, 2.45) is 7.05 Å². The number of nitrogens with one attached hydrogen (secondary N) is 1. The van der Waals surface area contributed by atoms with Crippen LogP contribution in [0.2, 0.25) is 0 Å². The molecule has 9 nitrogen and oxygen atoms in total. The van der Waals surface area contributed by atoms with Crippen molar-refractivity contribution in [3.05, 3.63) is 50.7 Å². The minimum atomic E-state index is -0.683. The summed E-state index contributed by atoms with van der Waals surface area (Å²) in [5.74, 6) is 0.416. The Kier molecular flexibility index (Phi) is 3.10. The molecule has 0 aliphatic rings. The van der Waals surface area contributed by atoms with E-state index >= 15 is 0 Å². The van der Waals surface area contributed by atoms with Crippen LogP contribution in [0.4, 0.5) is 22.9 Å². The predicted octanol–water partition coefficient (Wildman–Crippen LogP) is 1.98. The summed E-state index contributed by atoms with van der Waals surface area (Å²) in [6.45, 7) is 0. The molecule has 0 aliphatic heterocycles. The summed E-state index contributed by atoms with van der Waals surface area (Å²) in [4.78, 5) is 20.1. The molecule has 2 aromatic rings. The van der Waals surface area contributed by atoms with Gasteiger partial charge in [0.1, 0.15) is 5.69 Å². The van der Waals surface area contributed by atoms with Crippen molar-refractivity contribution in [1.29, 1.82) is 0 Å². The predicted molar refractivity (Wildman–Crippen MR) is 66.2 cm³/mol. The molecular formula is C10H9N5O4. The van der Waals surface area contributed by atoms with Crippen LogP contribution >= 0.6 is 0 Å². The molecular weight excluding hydrogens is 254 g/mol. The number of aryl methyl sites for hydroxylation is 1. The molecule has 19 heavy (non-hydrogen) atoms. The van der Waals surface area contributed by atoms with Gasteiger partial charge in [-0.3, -0.25) is 24.9 Å². The average molecular weight is 263 g/mol. The molecule has 2 rings (SSSR count). The molecule has 0 radical (unpaired) electrons. The monoisotopic (exact) mass is 263 g/mol. The van der Waals surface area contributed by atoms with Gasteiger partial charge in [0.25, 0.3) is 11.4 Å². The average Bonchev–Trinajstić information content (AvgIpc) is 2.74. The second-order valence-corrected chi connectivity index (χ2v) is 3.72. The molecule has 0 amide bonds.